The van der Waals surface area contributed by atoms with Crippen molar-refractivity contribution in [2.75, 3.05) is 33.0 Å². The van der Waals surface area contributed by atoms with Crippen LogP contribution in [-0.2, 0) is 85.6 Å². The minimum absolute atomic E-state index is 0.00236. The summed E-state index contributed by atoms with van der Waals surface area (Å²) in [5, 5.41) is 145. The van der Waals surface area contributed by atoms with Crippen molar-refractivity contribution >= 4 is 29.8 Å². The third kappa shape index (κ3) is 12.8. The molecular weight excluding hydrogens is 1260 g/mol. The highest BCUT2D eigenvalue weighted by Gasteiger charge is 2.74. The Kier molecular flexibility index (Phi) is 21.3. The molecule has 9 fully saturated rings. The smallest absolute Gasteiger partial charge is 0.315 e. The molecule has 32 atom stereocenters. The number of aliphatic hydroxyl groups excluding tert-OH is 11. The van der Waals surface area contributed by atoms with Crippen LogP contribution in [0.3, 0.4) is 0 Å². The molecule has 0 radical (unpaired) electrons. The number of allylic oxidation sites excluding steroid dienone is 1. The van der Waals surface area contributed by atoms with Gasteiger partial charge in [0.2, 0.25) is 6.29 Å². The molecule has 5 heterocycles. The molecule has 0 aromatic carbocycles. The largest absolute Gasteiger partial charge is 0.481 e. The summed E-state index contributed by atoms with van der Waals surface area (Å²) in [5.74, 6) is -6.35. The monoisotopic (exact) mass is 1360 g/mol. The molecule has 4 saturated carbocycles. The van der Waals surface area contributed by atoms with Crippen molar-refractivity contribution < 1.29 is 152 Å². The summed E-state index contributed by atoms with van der Waals surface area (Å²) in [6, 6.07) is 0. The Morgan fingerprint density at radius 3 is 1.84 bits per heavy atom. The first kappa shape index (κ1) is 74.0. The van der Waals surface area contributed by atoms with Gasteiger partial charge in [-0.1, -0.05) is 39.3 Å². The van der Waals surface area contributed by atoms with Crippen LogP contribution >= 0.6 is 0 Å². The second-order valence-corrected chi connectivity index (χ2v) is 29.9. The van der Waals surface area contributed by atoms with Gasteiger partial charge >= 0.3 is 29.8 Å². The maximum absolute atomic E-state index is 16.0. The number of hydrogen-bond acceptors (Lipinski definition) is 30. The third-order valence-corrected chi connectivity index (χ3v) is 23.6. The molecule has 540 valence electrons. The second-order valence-electron chi connectivity index (χ2n) is 29.9. The fraction of sp³-hybridized carbons (Fsp3) is 0.891. The molecule has 31 nitrogen and oxygen atoms in total. The number of esters is 4. The van der Waals surface area contributed by atoms with Crippen LogP contribution in [0.25, 0.3) is 0 Å². The molecule has 10 rings (SSSR count). The van der Waals surface area contributed by atoms with Crippen molar-refractivity contribution in [3.05, 3.63) is 11.6 Å². The van der Waals surface area contributed by atoms with E-state index in [0.717, 1.165) is 26.3 Å². The number of hydrogen-bond donors (Lipinski definition) is 13. The van der Waals surface area contributed by atoms with Crippen LogP contribution in [0, 0.1) is 50.2 Å². The molecular formula is C64H98O31. The van der Waals surface area contributed by atoms with Gasteiger partial charge in [0.1, 0.15) is 79.9 Å². The average Bonchev–Trinajstić information content (AvgIpc) is 0.919. The maximum atomic E-state index is 16.0. The zero-order chi connectivity index (χ0) is 69.8. The van der Waals surface area contributed by atoms with Crippen molar-refractivity contribution in [2.45, 2.75) is 274 Å². The lowest BCUT2D eigenvalue weighted by atomic mass is 9.33. The maximum Gasteiger partial charge on any atom is 0.315 e. The predicted octanol–water partition coefficient (Wildman–Crippen LogP) is -2.16. The molecule has 10 aliphatic rings. The van der Waals surface area contributed by atoms with Gasteiger partial charge in [-0.05, 0) is 113 Å². The predicted molar refractivity (Wildman–Crippen MR) is 314 cm³/mol. The third-order valence-electron chi connectivity index (χ3n) is 23.6. The fourth-order valence-electron chi connectivity index (χ4n) is 18.4. The van der Waals surface area contributed by atoms with Crippen LogP contribution in [0.4, 0.5) is 0 Å². The van der Waals surface area contributed by atoms with Gasteiger partial charge in [0.15, 0.2) is 49.1 Å². The first-order valence-electron chi connectivity index (χ1n) is 32.9. The Hall–Kier alpha value is -3.75. The van der Waals surface area contributed by atoms with E-state index in [2.05, 4.69) is 26.8 Å². The highest BCUT2D eigenvalue weighted by Crippen LogP contribution is 2.76. The van der Waals surface area contributed by atoms with E-state index in [1.165, 1.54) is 20.8 Å². The van der Waals surface area contributed by atoms with Crippen LogP contribution in [0.5, 0.6) is 0 Å². The summed E-state index contributed by atoms with van der Waals surface area (Å²) in [4.78, 5) is 67.8. The molecule has 0 spiro atoms. The summed E-state index contributed by atoms with van der Waals surface area (Å²) in [5.41, 5.74) is -7.85. The van der Waals surface area contributed by atoms with Crippen LogP contribution in [0.15, 0.2) is 11.6 Å². The summed E-state index contributed by atoms with van der Waals surface area (Å²) >= 11 is 0. The van der Waals surface area contributed by atoms with Crippen molar-refractivity contribution in [2.24, 2.45) is 50.2 Å². The van der Waals surface area contributed by atoms with Crippen LogP contribution in [0.2, 0.25) is 0 Å². The van der Waals surface area contributed by atoms with Gasteiger partial charge in [-0.15, -0.1) is 0 Å². The molecule has 5 saturated heterocycles. The van der Waals surface area contributed by atoms with Gasteiger partial charge in [0.05, 0.1) is 55.6 Å². The van der Waals surface area contributed by atoms with Gasteiger partial charge in [0, 0.05) is 26.2 Å². The van der Waals surface area contributed by atoms with E-state index in [1.807, 2.05) is 6.92 Å². The molecule has 5 aliphatic carbocycles. The minimum Gasteiger partial charge on any atom is -0.481 e. The summed E-state index contributed by atoms with van der Waals surface area (Å²) in [7, 11) is 0. The molecule has 95 heavy (non-hydrogen) atoms. The number of ether oxygens (including phenoxy) is 13. The summed E-state index contributed by atoms with van der Waals surface area (Å²) < 4.78 is 78.0. The zero-order valence-corrected chi connectivity index (χ0v) is 55.2. The normalized spacial score (nSPS) is 50.3. The van der Waals surface area contributed by atoms with Crippen LogP contribution in [-0.4, -0.2) is 276 Å². The topological polar surface area (TPSA) is 468 Å². The first-order valence-corrected chi connectivity index (χ1v) is 32.9. The Bertz CT molecular complexity index is 2840. The Balaban J connectivity index is 0.971. The van der Waals surface area contributed by atoms with E-state index in [4.69, 9.17) is 61.6 Å². The van der Waals surface area contributed by atoms with E-state index in [-0.39, 0.29) is 38.7 Å². The highest BCUT2D eigenvalue weighted by atomic mass is 16.8. The molecule has 0 amide bonds. The average molecular weight is 1360 g/mol. The SMILES string of the molecule is CC(=O)OC[C@@]1(O)CO[C@@H](O[C@H]2[C@@H](O)[C@H](O[C@H]3[C@H](OC(=O)[C@]45CCC(C)(C)C[C@H]4C4=CC[C@@H]6[C@@]7(C)C[C@H](O)[C@H](O[C@@H]8O[C@H](CO)[C@@H](O)[C@H](O)[C@H]8O)[C@@](C)(C(=O)O)[C@@H]7CC[C@@]6(C)[C@]4(CO)CC5)O[C@H](C)[C@H](OC(C)=O)[C@@H]3OC(C)=O)O[C@@H](C)[C@@H]2O[C@@H]2OC[C@@H](O)[C@H](O)[C@H]2O)[C@@H]1O. The van der Waals surface area contributed by atoms with Gasteiger partial charge < -0.3 is 128 Å². The molecule has 0 unspecified atom stereocenters. The highest BCUT2D eigenvalue weighted by molar-refractivity contribution is 5.79. The second kappa shape index (κ2) is 27.3. The first-order chi connectivity index (χ1) is 44.4. The van der Waals surface area contributed by atoms with Gasteiger partial charge in [-0.25, -0.2) is 0 Å². The minimum atomic E-state index is -2.24. The number of carbonyl (C=O) groups excluding carboxylic acids is 4. The molecule has 31 heteroatoms. The van der Waals surface area contributed by atoms with Gasteiger partial charge in [0.25, 0.3) is 0 Å². The zero-order valence-electron chi connectivity index (χ0n) is 55.2. The lowest BCUT2D eigenvalue weighted by Gasteiger charge is -2.71. The molecule has 0 aromatic heterocycles. The standard InChI is InChI=1S/C64H98O31/c1-26-44(91-51-41(75)38(72)34(71)22-83-51)46(92-55-49(78)64(82,25-85-55)24-84-28(3)67)43(77)53(86-26)93-48-47(89-30(5)69)45(88-29(4)68)27(2)87-54(48)95-57(81)62-16-15-58(6,7)19-32(62)31-11-12-36-59(8)20-33(70)50(94-52-42(76)40(74)39(73)35(21-65)90-52)61(10,56(79)80)37(59)13-14-60(36,9)63(31,23-66)18-17-62/h11,26-27,32-55,65-66,70-78,82H,12-25H2,1-10H3,(H,79,80)/t26-,27+,32-,33-,34+,35+,36+,37+,38-,39+,40-,41+,42+,43+,44-,45-,46-,47-,48+,49-,50-,51-,52-,53-,54-,55-,59+,60+,61-,62-,63-,64+/m0/s1. The van der Waals surface area contributed by atoms with Crippen LogP contribution in [0.1, 0.15) is 127 Å². The number of carboxylic acid groups (broad SMARTS) is 1. The number of fused-ring (bicyclic) bond motifs is 7. The molecule has 5 aliphatic heterocycles. The lowest BCUT2D eigenvalue weighted by Crippen LogP contribution is -2.71. The van der Waals surface area contributed by atoms with E-state index in [9.17, 15) is 85.6 Å². The van der Waals surface area contributed by atoms with E-state index in [0.29, 0.717) is 25.7 Å². The number of carboxylic acids is 1. The number of rotatable bonds is 17. The number of aliphatic hydroxyl groups is 12. The van der Waals surface area contributed by atoms with Gasteiger partial charge in [-0.3, -0.25) is 24.0 Å². The van der Waals surface area contributed by atoms with E-state index >= 15 is 4.79 Å². The Labute approximate surface area is 549 Å². The number of carbonyl (C=O) groups is 5. The summed E-state index contributed by atoms with van der Waals surface area (Å²) in [6.07, 6.45) is -34.5. The number of aliphatic carboxylic acids is 1. The van der Waals surface area contributed by atoms with Crippen molar-refractivity contribution in [3.63, 3.8) is 0 Å². The lowest BCUT2D eigenvalue weighted by molar-refractivity contribution is -0.384. The van der Waals surface area contributed by atoms with Crippen molar-refractivity contribution in [1.82, 2.24) is 0 Å². The summed E-state index contributed by atoms with van der Waals surface area (Å²) in [6.45, 7) is 12.7. The van der Waals surface area contributed by atoms with E-state index < -0.39 is 253 Å². The quantitative estimate of drug-likeness (QED) is 0.0319. The Morgan fingerprint density at radius 2 is 1.20 bits per heavy atom. The van der Waals surface area contributed by atoms with Crippen LogP contribution < -0.4 is 0 Å². The van der Waals surface area contributed by atoms with Crippen molar-refractivity contribution in [3.8, 4) is 0 Å². The fourth-order valence-corrected chi connectivity index (χ4v) is 18.4. The molecule has 0 aromatic rings. The van der Waals surface area contributed by atoms with Gasteiger partial charge in [-0.2, -0.15) is 0 Å². The van der Waals surface area contributed by atoms with E-state index in [1.54, 1.807) is 0 Å². The Morgan fingerprint density at radius 1 is 0.589 bits per heavy atom. The van der Waals surface area contributed by atoms with Crippen molar-refractivity contribution in [1.29, 1.82) is 0 Å². The molecule has 13 N–H and O–H groups in total. The molecule has 0 bridgehead atoms.